The number of aromatic nitrogens is 1. The molecule has 4 atom stereocenters. The zero-order valence-electron chi connectivity index (χ0n) is 27.2. The zero-order valence-corrected chi connectivity index (χ0v) is 28.8. The second-order valence-electron chi connectivity index (χ2n) is 12.6. The van der Waals surface area contributed by atoms with E-state index >= 15 is 0 Å². The highest BCUT2D eigenvalue weighted by molar-refractivity contribution is 7.99. The van der Waals surface area contributed by atoms with Crippen LogP contribution in [0.4, 0.5) is 0 Å². The van der Waals surface area contributed by atoms with Gasteiger partial charge in [-0.2, -0.15) is 0 Å². The number of nitrogens with zero attached hydrogens (tertiary/aromatic N) is 2. The van der Waals surface area contributed by atoms with Crippen LogP contribution >= 0.6 is 23.4 Å². The van der Waals surface area contributed by atoms with E-state index in [4.69, 9.17) is 26.2 Å². The second-order valence-corrected chi connectivity index (χ2v) is 14.2. The predicted octanol–water partition coefficient (Wildman–Crippen LogP) is 3.28. The van der Waals surface area contributed by atoms with E-state index in [9.17, 15) is 30.3 Å². The van der Waals surface area contributed by atoms with Crippen molar-refractivity contribution in [3.8, 4) is 16.9 Å². The molecule has 1 aromatic heterocycles. The molecule has 266 valence electrons. The van der Waals surface area contributed by atoms with E-state index in [-0.39, 0.29) is 38.1 Å². The highest BCUT2D eigenvalue weighted by atomic mass is 35.5. The molecule has 4 unspecified atom stereocenters. The number of carbonyl (C=O) groups excluding carboxylic acids is 1. The molecule has 2 aromatic carbocycles. The Balaban J connectivity index is 1.15. The summed E-state index contributed by atoms with van der Waals surface area (Å²) in [6.45, 7) is -1.27. The first-order valence-corrected chi connectivity index (χ1v) is 18.0. The number of aliphatic hydroxyl groups excluding tert-OH is 6. The Labute approximate surface area is 295 Å². The molecule has 0 spiro atoms. The van der Waals surface area contributed by atoms with Gasteiger partial charge in [-0.15, -0.1) is 11.8 Å². The van der Waals surface area contributed by atoms with Crippen molar-refractivity contribution in [1.82, 2.24) is 9.88 Å². The number of hydrogen-bond donors (Lipinski definition) is 6. The van der Waals surface area contributed by atoms with Crippen molar-refractivity contribution < 1.29 is 44.9 Å². The molecule has 2 fully saturated rings. The minimum Gasteiger partial charge on any atom is -0.490 e. The number of amides is 1. The van der Waals surface area contributed by atoms with Crippen molar-refractivity contribution in [2.45, 2.75) is 86.1 Å². The van der Waals surface area contributed by atoms with E-state index < -0.39 is 36.6 Å². The van der Waals surface area contributed by atoms with E-state index in [1.165, 1.54) is 4.90 Å². The Morgan fingerprint density at radius 1 is 1.02 bits per heavy atom. The van der Waals surface area contributed by atoms with E-state index in [2.05, 4.69) is 11.1 Å². The van der Waals surface area contributed by atoms with Gasteiger partial charge < -0.3 is 45.0 Å². The lowest BCUT2D eigenvalue weighted by molar-refractivity contribution is -0.140. The molecule has 2 aliphatic rings. The first kappa shape index (κ1) is 37.5. The fourth-order valence-electron chi connectivity index (χ4n) is 5.63. The number of carbonyl (C=O) groups is 1. The summed E-state index contributed by atoms with van der Waals surface area (Å²) in [4.78, 5) is 19.5. The fraction of sp³-hybridized carbons (Fsp3) is 0.500. The number of rotatable bonds is 20. The maximum absolute atomic E-state index is 12.9. The number of pyridine rings is 1. The van der Waals surface area contributed by atoms with Crippen molar-refractivity contribution in [1.29, 1.82) is 0 Å². The standard InChI is InChI=1S/C36H45ClN2O9S/c37-29-10-9-25(49-17-3-6-33(44)39(15-16-40)20-30(42)34(45)35(46)31(43)21-41)18-23(29)22-47-36(12-13-36)28-19-38-14-11-26(28)27-4-1-2-5-32(27)48-24-7-8-24/h1-2,4-5,9-11,14,18-19,24,30-31,34-35,40-43,45-46H,3,6-8,12-13,15-17,20-22H2. The van der Waals surface area contributed by atoms with Gasteiger partial charge in [-0.25, -0.2) is 0 Å². The van der Waals surface area contributed by atoms with Gasteiger partial charge in [0.1, 0.15) is 30.2 Å². The normalized spacial score (nSPS) is 17.6. The van der Waals surface area contributed by atoms with Gasteiger partial charge in [0.15, 0.2) is 0 Å². The molecule has 5 rings (SSSR count). The van der Waals surface area contributed by atoms with Crippen molar-refractivity contribution in [3.05, 3.63) is 77.1 Å². The van der Waals surface area contributed by atoms with E-state index in [0.29, 0.717) is 23.8 Å². The molecular weight excluding hydrogens is 672 g/mol. The number of halogens is 1. The smallest absolute Gasteiger partial charge is 0.222 e. The summed E-state index contributed by atoms with van der Waals surface area (Å²) in [5, 5.41) is 58.8. The molecule has 0 bridgehead atoms. The van der Waals surface area contributed by atoms with Crippen LogP contribution in [0, 0.1) is 0 Å². The first-order chi connectivity index (χ1) is 23.7. The molecule has 0 aliphatic heterocycles. The molecule has 6 N–H and O–H groups in total. The third-order valence-corrected chi connectivity index (χ3v) is 10.2. The maximum atomic E-state index is 12.9. The maximum Gasteiger partial charge on any atom is 0.222 e. The molecule has 1 amide bonds. The van der Waals surface area contributed by atoms with E-state index in [1.54, 1.807) is 18.0 Å². The number of aliphatic hydroxyl groups is 6. The molecule has 13 heteroatoms. The highest BCUT2D eigenvalue weighted by Crippen LogP contribution is 2.53. The molecule has 0 radical (unpaired) electrons. The summed E-state index contributed by atoms with van der Waals surface area (Å²) in [6, 6.07) is 15.9. The van der Waals surface area contributed by atoms with E-state index in [1.807, 2.05) is 48.7 Å². The minimum atomic E-state index is -1.80. The molecule has 2 saturated carbocycles. The average Bonchev–Trinajstić information content (AvgIpc) is 4.06. The topological polar surface area (TPSA) is 173 Å². The number of hydrogen-bond acceptors (Lipinski definition) is 11. The lowest BCUT2D eigenvalue weighted by Gasteiger charge is -2.30. The Kier molecular flexibility index (Phi) is 13.3. The predicted molar refractivity (Wildman–Crippen MR) is 185 cm³/mol. The zero-order chi connectivity index (χ0) is 35.0. The van der Waals surface area contributed by atoms with Crippen molar-refractivity contribution in [2.75, 3.05) is 32.1 Å². The molecule has 3 aromatic rings. The Hall–Kier alpha value is -2.78. The summed E-state index contributed by atoms with van der Waals surface area (Å²) in [5.74, 6) is 1.14. The molecule has 49 heavy (non-hydrogen) atoms. The second kappa shape index (κ2) is 17.4. The van der Waals surface area contributed by atoms with Crippen LogP contribution in [0.25, 0.3) is 11.1 Å². The molecule has 1 heterocycles. The average molecular weight is 717 g/mol. The van der Waals surface area contributed by atoms with Gasteiger partial charge in [-0.3, -0.25) is 9.78 Å². The monoisotopic (exact) mass is 716 g/mol. The van der Waals surface area contributed by atoms with Gasteiger partial charge in [0, 0.05) is 52.9 Å². The number of para-hydroxylation sites is 1. The highest BCUT2D eigenvalue weighted by Gasteiger charge is 2.48. The Morgan fingerprint density at radius 3 is 2.49 bits per heavy atom. The van der Waals surface area contributed by atoms with E-state index in [0.717, 1.165) is 58.6 Å². The van der Waals surface area contributed by atoms with Gasteiger partial charge in [-0.1, -0.05) is 29.8 Å². The van der Waals surface area contributed by atoms with Gasteiger partial charge >= 0.3 is 0 Å². The molecular formula is C36H45ClN2O9S. The summed E-state index contributed by atoms with van der Waals surface area (Å²) >= 11 is 8.16. The third-order valence-electron chi connectivity index (χ3n) is 8.79. The minimum absolute atomic E-state index is 0.0717. The molecule has 11 nitrogen and oxygen atoms in total. The number of ether oxygens (including phenoxy) is 2. The lowest BCUT2D eigenvalue weighted by atomic mass is 9.96. The lowest BCUT2D eigenvalue weighted by Crippen LogP contribution is -2.51. The summed E-state index contributed by atoms with van der Waals surface area (Å²) < 4.78 is 12.8. The van der Waals surface area contributed by atoms with Crippen LogP contribution in [0.3, 0.4) is 0 Å². The van der Waals surface area contributed by atoms with Gasteiger partial charge in [0.05, 0.1) is 31.5 Å². The van der Waals surface area contributed by atoms with Crippen LogP contribution in [-0.2, 0) is 21.7 Å². The largest absolute Gasteiger partial charge is 0.490 e. The number of thioether (sulfide) groups is 1. The SMILES string of the molecule is O=C(CCCSc1ccc(Cl)c(COC2(c3cnccc3-c3ccccc3OC3CC3)CC2)c1)N(CCO)CC(O)C(O)C(O)C(O)CO. The molecule has 2 aliphatic carbocycles. The Bertz CT molecular complexity index is 1540. The third kappa shape index (κ3) is 9.93. The first-order valence-electron chi connectivity index (χ1n) is 16.6. The van der Waals surface area contributed by atoms with Crippen LogP contribution < -0.4 is 4.74 Å². The Morgan fingerprint density at radius 2 is 1.78 bits per heavy atom. The van der Waals surface area contributed by atoms with Crippen molar-refractivity contribution in [2.24, 2.45) is 0 Å². The molecule has 0 saturated heterocycles. The van der Waals surface area contributed by atoms with Crippen molar-refractivity contribution in [3.63, 3.8) is 0 Å². The fourth-order valence-corrected chi connectivity index (χ4v) is 6.72. The number of benzene rings is 2. The van der Waals surface area contributed by atoms with Gasteiger partial charge in [0.2, 0.25) is 5.91 Å². The summed E-state index contributed by atoms with van der Waals surface area (Å²) in [7, 11) is 0. The van der Waals surface area contributed by atoms with Gasteiger partial charge in [-0.05, 0) is 79.3 Å². The quantitative estimate of drug-likeness (QED) is 0.0749. The van der Waals surface area contributed by atoms with Crippen LogP contribution in [0.1, 0.15) is 49.7 Å². The summed E-state index contributed by atoms with van der Waals surface area (Å²) in [6.07, 6.45) is 1.66. The van der Waals surface area contributed by atoms with Crippen LogP contribution in [-0.4, -0.2) is 109 Å². The van der Waals surface area contributed by atoms with Gasteiger partial charge in [0.25, 0.3) is 0 Å². The summed E-state index contributed by atoms with van der Waals surface area (Å²) in [5.41, 5.74) is 3.50. The van der Waals surface area contributed by atoms with Crippen LogP contribution in [0.2, 0.25) is 5.02 Å². The van der Waals surface area contributed by atoms with Crippen LogP contribution in [0.5, 0.6) is 5.75 Å². The van der Waals surface area contributed by atoms with Crippen molar-refractivity contribution >= 4 is 29.3 Å². The van der Waals surface area contributed by atoms with Crippen LogP contribution in [0.15, 0.2) is 65.8 Å².